The second-order valence-electron chi connectivity index (χ2n) is 6.04. The Hall–Kier alpha value is -3.35. The molecule has 4 rings (SSSR count). The van der Waals surface area contributed by atoms with Gasteiger partial charge in [-0.3, -0.25) is 14.8 Å². The van der Waals surface area contributed by atoms with E-state index >= 15 is 0 Å². The summed E-state index contributed by atoms with van der Waals surface area (Å²) in [6, 6.07) is 11.3. The van der Waals surface area contributed by atoms with Gasteiger partial charge in [-0.2, -0.15) is 0 Å². The summed E-state index contributed by atoms with van der Waals surface area (Å²) in [5.74, 6) is 0.849. The number of hydrogen-bond donors (Lipinski definition) is 0. The van der Waals surface area contributed by atoms with Crippen molar-refractivity contribution in [2.45, 2.75) is 0 Å². The van der Waals surface area contributed by atoms with E-state index in [-0.39, 0.29) is 5.91 Å². The van der Waals surface area contributed by atoms with Crippen LogP contribution in [-0.4, -0.2) is 57.2 Å². The molecule has 4 heterocycles. The topological polar surface area (TPSA) is 75.1 Å². The van der Waals surface area contributed by atoms with E-state index in [1.54, 1.807) is 36.9 Å². The highest BCUT2D eigenvalue weighted by atomic mass is 16.2. The molecule has 0 aromatic carbocycles. The Labute approximate surface area is 151 Å². The van der Waals surface area contributed by atoms with E-state index in [0.29, 0.717) is 18.7 Å². The molecule has 1 amide bonds. The fourth-order valence-electron chi connectivity index (χ4n) is 2.97. The first-order valence-corrected chi connectivity index (χ1v) is 8.49. The Kier molecular flexibility index (Phi) is 4.51. The lowest BCUT2D eigenvalue weighted by Crippen LogP contribution is -2.49. The lowest BCUT2D eigenvalue weighted by atomic mass is 10.2. The maximum absolute atomic E-state index is 12.5. The second-order valence-corrected chi connectivity index (χ2v) is 6.04. The van der Waals surface area contributed by atoms with E-state index in [2.05, 4.69) is 25.1 Å². The largest absolute Gasteiger partial charge is 0.352 e. The number of hydrogen-bond acceptors (Lipinski definition) is 6. The minimum absolute atomic E-state index is 0.0239. The van der Waals surface area contributed by atoms with Crippen LogP contribution in [0.1, 0.15) is 10.4 Å². The van der Waals surface area contributed by atoms with Gasteiger partial charge in [-0.25, -0.2) is 0 Å². The van der Waals surface area contributed by atoms with Crippen LogP contribution < -0.4 is 4.90 Å². The first kappa shape index (κ1) is 16.1. The van der Waals surface area contributed by atoms with Crippen molar-refractivity contribution in [3.63, 3.8) is 0 Å². The van der Waals surface area contributed by atoms with Crippen LogP contribution in [-0.2, 0) is 0 Å². The van der Waals surface area contributed by atoms with Crippen LogP contribution in [0, 0.1) is 0 Å². The van der Waals surface area contributed by atoms with E-state index in [1.807, 2.05) is 29.2 Å². The molecule has 0 unspecified atom stereocenters. The zero-order valence-corrected chi connectivity index (χ0v) is 14.2. The third kappa shape index (κ3) is 3.37. The zero-order chi connectivity index (χ0) is 17.8. The summed E-state index contributed by atoms with van der Waals surface area (Å²) < 4.78 is 0. The van der Waals surface area contributed by atoms with E-state index in [9.17, 15) is 4.79 Å². The standard InChI is InChI=1S/C19H18N6O/c26-19(16-4-2-8-21-14-16)25-11-9-24(10-12-25)18-6-5-17(22-23-18)15-3-1-7-20-13-15/h1-8,13-14H,9-12H2. The Balaban J connectivity index is 1.40. The molecule has 0 bridgehead atoms. The van der Waals surface area contributed by atoms with Crippen LogP contribution in [0.2, 0.25) is 0 Å². The molecule has 1 saturated heterocycles. The normalized spacial score (nSPS) is 14.3. The van der Waals surface area contributed by atoms with Crippen molar-refractivity contribution >= 4 is 11.7 Å². The summed E-state index contributed by atoms with van der Waals surface area (Å²) in [5, 5.41) is 8.65. The van der Waals surface area contributed by atoms with Crippen molar-refractivity contribution < 1.29 is 4.79 Å². The second kappa shape index (κ2) is 7.26. The molecule has 3 aromatic rings. The molecule has 0 saturated carbocycles. The Morgan fingerprint density at radius 1 is 0.846 bits per heavy atom. The summed E-state index contributed by atoms with van der Waals surface area (Å²) in [6.07, 6.45) is 6.78. The quantitative estimate of drug-likeness (QED) is 0.721. The molecule has 7 nitrogen and oxygen atoms in total. The van der Waals surface area contributed by atoms with Crippen molar-refractivity contribution in [1.82, 2.24) is 25.1 Å². The van der Waals surface area contributed by atoms with E-state index in [1.165, 1.54) is 0 Å². The van der Waals surface area contributed by atoms with Crippen LogP contribution in [0.5, 0.6) is 0 Å². The fourth-order valence-corrected chi connectivity index (χ4v) is 2.97. The Morgan fingerprint density at radius 3 is 2.23 bits per heavy atom. The van der Waals surface area contributed by atoms with Crippen molar-refractivity contribution in [1.29, 1.82) is 0 Å². The highest BCUT2D eigenvalue weighted by Gasteiger charge is 2.23. The number of amides is 1. The number of aromatic nitrogens is 4. The molecule has 0 aliphatic carbocycles. The van der Waals surface area contributed by atoms with Gasteiger partial charge in [0.25, 0.3) is 5.91 Å². The predicted molar refractivity (Wildman–Crippen MR) is 97.6 cm³/mol. The average molecular weight is 346 g/mol. The number of piperazine rings is 1. The van der Waals surface area contributed by atoms with Crippen molar-refractivity contribution in [3.8, 4) is 11.3 Å². The molecular weight excluding hydrogens is 328 g/mol. The number of pyridine rings is 2. The van der Waals surface area contributed by atoms with Crippen molar-refractivity contribution in [3.05, 3.63) is 66.7 Å². The Bertz CT molecular complexity index is 862. The van der Waals surface area contributed by atoms with E-state index in [4.69, 9.17) is 0 Å². The summed E-state index contributed by atoms with van der Waals surface area (Å²) in [6.45, 7) is 2.76. The lowest BCUT2D eigenvalue weighted by Gasteiger charge is -2.35. The molecule has 1 fully saturated rings. The highest BCUT2D eigenvalue weighted by molar-refractivity contribution is 5.94. The minimum atomic E-state index is 0.0239. The van der Waals surface area contributed by atoms with Gasteiger partial charge >= 0.3 is 0 Å². The van der Waals surface area contributed by atoms with Gasteiger partial charge in [0.15, 0.2) is 5.82 Å². The molecular formula is C19H18N6O. The summed E-state index contributed by atoms with van der Waals surface area (Å²) in [7, 11) is 0. The molecule has 1 aliphatic heterocycles. The van der Waals surface area contributed by atoms with Crippen molar-refractivity contribution in [2.24, 2.45) is 0 Å². The predicted octanol–water partition coefficient (Wildman–Crippen LogP) is 1.90. The summed E-state index contributed by atoms with van der Waals surface area (Å²) in [4.78, 5) is 24.6. The molecule has 130 valence electrons. The monoisotopic (exact) mass is 346 g/mol. The van der Waals surface area contributed by atoms with Gasteiger partial charge in [0.1, 0.15) is 0 Å². The Morgan fingerprint density at radius 2 is 1.62 bits per heavy atom. The van der Waals surface area contributed by atoms with Crippen LogP contribution in [0.4, 0.5) is 5.82 Å². The molecule has 26 heavy (non-hydrogen) atoms. The zero-order valence-electron chi connectivity index (χ0n) is 14.2. The van der Waals surface area contributed by atoms with Gasteiger partial charge in [0.2, 0.25) is 0 Å². The number of nitrogens with zero attached hydrogens (tertiary/aromatic N) is 6. The highest BCUT2D eigenvalue weighted by Crippen LogP contribution is 2.19. The van der Waals surface area contributed by atoms with Gasteiger partial charge in [0.05, 0.1) is 11.3 Å². The first-order valence-electron chi connectivity index (χ1n) is 8.49. The van der Waals surface area contributed by atoms with Crippen LogP contribution in [0.25, 0.3) is 11.3 Å². The number of carbonyl (C=O) groups excluding carboxylic acids is 1. The smallest absolute Gasteiger partial charge is 0.255 e. The molecule has 0 N–H and O–H groups in total. The molecule has 0 atom stereocenters. The number of rotatable bonds is 3. The molecule has 7 heteroatoms. The average Bonchev–Trinajstić information content (AvgIpc) is 2.75. The maximum atomic E-state index is 12.5. The molecule has 0 radical (unpaired) electrons. The lowest BCUT2D eigenvalue weighted by molar-refractivity contribution is 0.0746. The minimum Gasteiger partial charge on any atom is -0.352 e. The van der Waals surface area contributed by atoms with Crippen LogP contribution in [0.3, 0.4) is 0 Å². The maximum Gasteiger partial charge on any atom is 0.255 e. The van der Waals surface area contributed by atoms with Gasteiger partial charge in [0, 0.05) is 56.5 Å². The van der Waals surface area contributed by atoms with Crippen LogP contribution >= 0.6 is 0 Å². The SMILES string of the molecule is O=C(c1cccnc1)N1CCN(c2ccc(-c3cccnc3)nn2)CC1. The van der Waals surface area contributed by atoms with E-state index in [0.717, 1.165) is 30.2 Å². The van der Waals surface area contributed by atoms with Gasteiger partial charge < -0.3 is 9.80 Å². The van der Waals surface area contributed by atoms with E-state index < -0.39 is 0 Å². The number of anilines is 1. The van der Waals surface area contributed by atoms with Crippen LogP contribution in [0.15, 0.2) is 61.2 Å². The third-order valence-electron chi connectivity index (χ3n) is 4.41. The fraction of sp³-hybridized carbons (Fsp3) is 0.211. The molecule has 1 aliphatic rings. The van der Waals surface area contributed by atoms with Crippen molar-refractivity contribution in [2.75, 3.05) is 31.1 Å². The molecule has 3 aromatic heterocycles. The molecule has 0 spiro atoms. The third-order valence-corrected chi connectivity index (χ3v) is 4.41. The summed E-state index contributed by atoms with van der Waals surface area (Å²) in [5.41, 5.74) is 2.37. The van der Waals surface area contributed by atoms with Gasteiger partial charge in [-0.05, 0) is 36.4 Å². The van der Waals surface area contributed by atoms with Gasteiger partial charge in [-0.1, -0.05) is 0 Å². The number of carbonyl (C=O) groups is 1. The first-order chi connectivity index (χ1) is 12.8. The summed E-state index contributed by atoms with van der Waals surface area (Å²) >= 11 is 0. The van der Waals surface area contributed by atoms with Gasteiger partial charge in [-0.15, -0.1) is 10.2 Å².